The Kier molecular flexibility index (Phi) is 7.66. The molecule has 0 radical (unpaired) electrons. The van der Waals surface area contributed by atoms with Gasteiger partial charge in [0.2, 0.25) is 11.8 Å². The number of hydrogen-bond acceptors (Lipinski definition) is 4. The molecular formula is C33H43N3O3. The Morgan fingerprint density at radius 3 is 2.31 bits per heavy atom. The standard InChI is InChI=1S/C33H43N3O3/c1-39-29-13-11-25(12-14-29)21-35-20-17-33(32(35)38)15-18-34(19-16-33)22-28-23-36(31(37)27-9-5-6-10-27)24-30(28)26-7-3-2-4-8-26/h2-4,7-8,11-14,27-28,30H,5-6,9-10,15-24H2,1H3/t28-,30+/m0/s1. The van der Waals surface area contributed by atoms with Crippen molar-refractivity contribution < 1.29 is 14.3 Å². The number of hydrogen-bond donors (Lipinski definition) is 0. The molecule has 6 nitrogen and oxygen atoms in total. The maximum Gasteiger partial charge on any atom is 0.229 e. The number of methoxy groups -OCH3 is 1. The van der Waals surface area contributed by atoms with Crippen molar-refractivity contribution in [1.29, 1.82) is 0 Å². The third kappa shape index (κ3) is 5.45. The van der Waals surface area contributed by atoms with E-state index in [0.717, 1.165) is 82.7 Å². The molecule has 0 unspecified atom stereocenters. The van der Waals surface area contributed by atoms with Crippen LogP contribution >= 0.6 is 0 Å². The van der Waals surface area contributed by atoms with E-state index in [9.17, 15) is 9.59 Å². The Hall–Kier alpha value is -2.86. The third-order valence-electron chi connectivity index (χ3n) is 10.1. The van der Waals surface area contributed by atoms with Crippen LogP contribution in [0.3, 0.4) is 0 Å². The van der Waals surface area contributed by atoms with E-state index in [1.807, 2.05) is 12.1 Å². The fraction of sp³-hybridized carbons (Fsp3) is 0.576. The molecule has 4 aliphatic rings. The minimum Gasteiger partial charge on any atom is -0.497 e. The van der Waals surface area contributed by atoms with E-state index in [1.54, 1.807) is 7.11 Å². The summed E-state index contributed by atoms with van der Waals surface area (Å²) < 4.78 is 5.28. The third-order valence-corrected chi connectivity index (χ3v) is 10.1. The highest BCUT2D eigenvalue weighted by molar-refractivity contribution is 5.85. The number of nitrogens with zero attached hydrogens (tertiary/aromatic N) is 3. The van der Waals surface area contributed by atoms with Crippen molar-refractivity contribution in [1.82, 2.24) is 14.7 Å². The molecular weight excluding hydrogens is 486 g/mol. The van der Waals surface area contributed by atoms with Gasteiger partial charge in [0.15, 0.2) is 0 Å². The van der Waals surface area contributed by atoms with Gasteiger partial charge < -0.3 is 19.4 Å². The van der Waals surface area contributed by atoms with Crippen LogP contribution in [0, 0.1) is 17.3 Å². The van der Waals surface area contributed by atoms with Crippen molar-refractivity contribution in [2.45, 2.75) is 57.4 Å². The van der Waals surface area contributed by atoms with Crippen LogP contribution in [-0.2, 0) is 16.1 Å². The Balaban J connectivity index is 1.07. The minimum absolute atomic E-state index is 0.193. The molecule has 39 heavy (non-hydrogen) atoms. The zero-order valence-electron chi connectivity index (χ0n) is 23.4. The number of piperidine rings is 1. The number of carbonyl (C=O) groups is 2. The van der Waals surface area contributed by atoms with Gasteiger partial charge in [-0.1, -0.05) is 55.3 Å². The molecule has 2 amide bonds. The van der Waals surface area contributed by atoms with Crippen LogP contribution in [0.25, 0.3) is 0 Å². The molecule has 6 rings (SSSR count). The fourth-order valence-electron chi connectivity index (χ4n) is 7.70. The molecule has 0 N–H and O–H groups in total. The van der Waals surface area contributed by atoms with Crippen LogP contribution in [0.4, 0.5) is 0 Å². The van der Waals surface area contributed by atoms with Crippen molar-refractivity contribution in [3.8, 4) is 5.75 Å². The summed E-state index contributed by atoms with van der Waals surface area (Å²) in [4.78, 5) is 33.7. The van der Waals surface area contributed by atoms with Crippen molar-refractivity contribution in [3.05, 3.63) is 65.7 Å². The van der Waals surface area contributed by atoms with E-state index in [1.165, 1.54) is 18.4 Å². The van der Waals surface area contributed by atoms with Gasteiger partial charge in [-0.05, 0) is 74.4 Å². The summed E-state index contributed by atoms with van der Waals surface area (Å²) in [5, 5.41) is 0. The number of carbonyl (C=O) groups excluding carboxylic acids is 2. The van der Waals surface area contributed by atoms with Crippen molar-refractivity contribution in [3.63, 3.8) is 0 Å². The predicted octanol–water partition coefficient (Wildman–Crippen LogP) is 4.94. The van der Waals surface area contributed by atoms with Gasteiger partial charge >= 0.3 is 0 Å². The van der Waals surface area contributed by atoms with Crippen LogP contribution in [-0.4, -0.2) is 72.9 Å². The molecule has 1 aliphatic carbocycles. The Morgan fingerprint density at radius 1 is 0.923 bits per heavy atom. The second-order valence-corrected chi connectivity index (χ2v) is 12.4. The summed E-state index contributed by atoms with van der Waals surface area (Å²) in [6.07, 6.45) is 7.37. The molecule has 3 aliphatic heterocycles. The van der Waals surface area contributed by atoms with Gasteiger partial charge in [0.25, 0.3) is 0 Å². The molecule has 0 bridgehead atoms. The topological polar surface area (TPSA) is 53.1 Å². The Bertz CT molecular complexity index is 1140. The first kappa shape index (κ1) is 26.4. The lowest BCUT2D eigenvalue weighted by Gasteiger charge is -2.39. The maximum atomic E-state index is 13.6. The van der Waals surface area contributed by atoms with Crippen molar-refractivity contribution in [2.24, 2.45) is 17.3 Å². The van der Waals surface area contributed by atoms with Gasteiger partial charge in [0, 0.05) is 44.6 Å². The number of amides is 2. The molecule has 6 heteroatoms. The zero-order chi connectivity index (χ0) is 26.8. The highest BCUT2D eigenvalue weighted by Crippen LogP contribution is 2.43. The lowest BCUT2D eigenvalue weighted by Crippen LogP contribution is -2.46. The van der Waals surface area contributed by atoms with Crippen molar-refractivity contribution >= 4 is 11.8 Å². The van der Waals surface area contributed by atoms with Crippen LogP contribution in [0.15, 0.2) is 54.6 Å². The quantitative estimate of drug-likeness (QED) is 0.510. The summed E-state index contributed by atoms with van der Waals surface area (Å²) in [7, 11) is 1.68. The van der Waals surface area contributed by atoms with Crippen LogP contribution in [0.5, 0.6) is 5.75 Å². The van der Waals surface area contributed by atoms with Crippen LogP contribution in [0.1, 0.15) is 62.0 Å². The van der Waals surface area contributed by atoms with E-state index in [2.05, 4.69) is 57.2 Å². The zero-order valence-corrected chi connectivity index (χ0v) is 23.4. The first-order chi connectivity index (χ1) is 19.0. The predicted molar refractivity (Wildman–Crippen MR) is 152 cm³/mol. The van der Waals surface area contributed by atoms with Crippen LogP contribution < -0.4 is 4.74 Å². The Morgan fingerprint density at radius 2 is 1.62 bits per heavy atom. The largest absolute Gasteiger partial charge is 0.497 e. The second kappa shape index (κ2) is 11.3. The minimum atomic E-state index is -0.193. The first-order valence-electron chi connectivity index (χ1n) is 15.0. The molecule has 2 aromatic rings. The molecule has 3 heterocycles. The van der Waals surface area contributed by atoms with Gasteiger partial charge in [-0.2, -0.15) is 0 Å². The first-order valence-corrected chi connectivity index (χ1v) is 15.0. The monoisotopic (exact) mass is 529 g/mol. The lowest BCUT2D eigenvalue weighted by molar-refractivity contribution is -0.139. The van der Waals surface area contributed by atoms with Gasteiger partial charge in [0.1, 0.15) is 5.75 Å². The lowest BCUT2D eigenvalue weighted by atomic mass is 9.76. The smallest absolute Gasteiger partial charge is 0.229 e. The van der Waals surface area contributed by atoms with E-state index >= 15 is 0 Å². The van der Waals surface area contributed by atoms with Gasteiger partial charge in [0.05, 0.1) is 12.5 Å². The summed E-state index contributed by atoms with van der Waals surface area (Å²) in [5.74, 6) is 2.65. The van der Waals surface area contributed by atoms with E-state index < -0.39 is 0 Å². The number of likely N-dealkylation sites (tertiary alicyclic amines) is 3. The molecule has 1 saturated carbocycles. The Labute approximate surface area is 233 Å². The molecule has 4 fully saturated rings. The molecule has 208 valence electrons. The SMILES string of the molecule is COc1ccc(CN2CCC3(CCN(C[C@H]4CN(C(=O)C5CCCC5)C[C@@H]4c4ccccc4)CC3)C2=O)cc1. The van der Waals surface area contributed by atoms with Gasteiger partial charge in [-0.3, -0.25) is 9.59 Å². The van der Waals surface area contributed by atoms with Crippen molar-refractivity contribution in [2.75, 3.05) is 46.4 Å². The normalized spacial score (nSPS) is 25.6. The summed E-state index contributed by atoms with van der Waals surface area (Å²) in [6.45, 7) is 6.19. The van der Waals surface area contributed by atoms with E-state index in [0.29, 0.717) is 30.2 Å². The summed E-state index contributed by atoms with van der Waals surface area (Å²) in [6, 6.07) is 18.9. The van der Waals surface area contributed by atoms with Crippen LogP contribution in [0.2, 0.25) is 0 Å². The fourth-order valence-corrected chi connectivity index (χ4v) is 7.70. The summed E-state index contributed by atoms with van der Waals surface area (Å²) in [5.41, 5.74) is 2.32. The summed E-state index contributed by atoms with van der Waals surface area (Å²) >= 11 is 0. The second-order valence-electron chi connectivity index (χ2n) is 12.4. The average molecular weight is 530 g/mol. The number of ether oxygens (including phenoxy) is 1. The highest BCUT2D eigenvalue weighted by Gasteiger charge is 2.48. The maximum absolute atomic E-state index is 13.6. The molecule has 2 aromatic carbocycles. The van der Waals surface area contributed by atoms with Gasteiger partial charge in [-0.25, -0.2) is 0 Å². The molecule has 2 atom stereocenters. The highest BCUT2D eigenvalue weighted by atomic mass is 16.5. The average Bonchev–Trinajstić information content (AvgIpc) is 3.73. The molecule has 0 aromatic heterocycles. The van der Waals surface area contributed by atoms with Gasteiger partial charge in [-0.15, -0.1) is 0 Å². The number of benzene rings is 2. The number of rotatable bonds is 7. The molecule has 1 spiro atoms. The van der Waals surface area contributed by atoms with E-state index in [4.69, 9.17) is 4.74 Å². The van der Waals surface area contributed by atoms with E-state index in [-0.39, 0.29) is 11.3 Å². The molecule has 3 saturated heterocycles.